The van der Waals surface area contributed by atoms with E-state index in [1.165, 1.54) is 12.1 Å². The number of nitrogens with zero attached hydrogens (tertiary/aromatic N) is 1. The zero-order valence-electron chi connectivity index (χ0n) is 11.7. The summed E-state index contributed by atoms with van der Waals surface area (Å²) in [6, 6.07) is 6.00. The molecule has 2 aliphatic carbocycles. The molecular formula is C16H18N2O3. The van der Waals surface area contributed by atoms with Crippen molar-refractivity contribution in [2.75, 3.05) is 5.32 Å². The molecule has 1 amide bonds. The van der Waals surface area contributed by atoms with Crippen molar-refractivity contribution in [2.24, 2.45) is 17.8 Å². The first kappa shape index (κ1) is 13.8. The topological polar surface area (TPSA) is 72.2 Å². The van der Waals surface area contributed by atoms with Crippen LogP contribution in [-0.4, -0.2) is 10.8 Å². The number of nitrogens with one attached hydrogen (secondary N) is 1. The van der Waals surface area contributed by atoms with Gasteiger partial charge in [-0.1, -0.05) is 12.2 Å². The van der Waals surface area contributed by atoms with Crippen molar-refractivity contribution >= 4 is 17.3 Å². The van der Waals surface area contributed by atoms with Gasteiger partial charge in [-0.05, 0) is 49.7 Å². The molecule has 0 spiro atoms. The second kappa shape index (κ2) is 5.68. The maximum atomic E-state index is 12.3. The number of allylic oxidation sites excluding steroid dienone is 2. The summed E-state index contributed by atoms with van der Waals surface area (Å²) in [7, 11) is 0. The third kappa shape index (κ3) is 2.96. The highest BCUT2D eigenvalue weighted by molar-refractivity contribution is 5.95. The molecule has 0 aromatic heterocycles. The Morgan fingerprint density at radius 1 is 1.10 bits per heavy atom. The molecular weight excluding hydrogens is 268 g/mol. The predicted octanol–water partition coefficient (Wildman–Crippen LogP) is 3.53. The predicted molar refractivity (Wildman–Crippen MR) is 79.8 cm³/mol. The number of fused-ring (bicyclic) bond motifs is 1. The van der Waals surface area contributed by atoms with Crippen molar-refractivity contribution in [2.45, 2.75) is 25.7 Å². The van der Waals surface area contributed by atoms with Crippen molar-refractivity contribution in [3.63, 3.8) is 0 Å². The molecule has 0 bridgehead atoms. The van der Waals surface area contributed by atoms with Crippen molar-refractivity contribution in [3.05, 3.63) is 46.5 Å². The Balaban J connectivity index is 1.61. The van der Waals surface area contributed by atoms with E-state index in [0.29, 0.717) is 17.5 Å². The molecule has 0 aliphatic heterocycles. The van der Waals surface area contributed by atoms with Crippen molar-refractivity contribution in [3.8, 4) is 0 Å². The number of nitro groups is 1. The second-order valence-corrected chi connectivity index (χ2v) is 5.77. The fourth-order valence-corrected chi connectivity index (χ4v) is 3.33. The van der Waals surface area contributed by atoms with Crippen LogP contribution in [0.1, 0.15) is 25.7 Å². The molecule has 1 aromatic rings. The summed E-state index contributed by atoms with van der Waals surface area (Å²) in [5.41, 5.74) is 0.662. The van der Waals surface area contributed by atoms with E-state index in [-0.39, 0.29) is 17.5 Å². The van der Waals surface area contributed by atoms with Crippen molar-refractivity contribution in [1.29, 1.82) is 0 Å². The monoisotopic (exact) mass is 286 g/mol. The van der Waals surface area contributed by atoms with E-state index in [1.54, 1.807) is 12.1 Å². The molecule has 5 heteroatoms. The largest absolute Gasteiger partial charge is 0.326 e. The van der Waals surface area contributed by atoms with Gasteiger partial charge in [0.1, 0.15) is 0 Å². The average molecular weight is 286 g/mol. The van der Waals surface area contributed by atoms with Crippen LogP contribution < -0.4 is 5.32 Å². The molecule has 1 fully saturated rings. The van der Waals surface area contributed by atoms with Crippen LogP contribution in [0.2, 0.25) is 0 Å². The van der Waals surface area contributed by atoms with Gasteiger partial charge in [0.15, 0.2) is 0 Å². The Morgan fingerprint density at radius 2 is 1.67 bits per heavy atom. The lowest BCUT2D eigenvalue weighted by Crippen LogP contribution is -2.15. The van der Waals surface area contributed by atoms with E-state index in [9.17, 15) is 14.9 Å². The lowest BCUT2D eigenvalue weighted by molar-refractivity contribution is -0.384. The number of hydrogen-bond donors (Lipinski definition) is 1. The van der Waals surface area contributed by atoms with E-state index in [1.807, 2.05) is 0 Å². The highest BCUT2D eigenvalue weighted by Gasteiger charge is 2.53. The van der Waals surface area contributed by atoms with Gasteiger partial charge in [-0.3, -0.25) is 14.9 Å². The van der Waals surface area contributed by atoms with Crippen LogP contribution in [0, 0.1) is 27.9 Å². The van der Waals surface area contributed by atoms with Crippen molar-refractivity contribution < 1.29 is 9.72 Å². The molecule has 1 saturated carbocycles. The van der Waals surface area contributed by atoms with E-state index in [4.69, 9.17) is 0 Å². The van der Waals surface area contributed by atoms with Crippen LogP contribution in [0.3, 0.4) is 0 Å². The van der Waals surface area contributed by atoms with Gasteiger partial charge in [0.2, 0.25) is 5.91 Å². The number of carbonyl (C=O) groups is 1. The molecule has 0 radical (unpaired) electrons. The minimum absolute atomic E-state index is 0.0344. The molecule has 2 aliphatic rings. The Kier molecular flexibility index (Phi) is 3.73. The number of nitro benzene ring substituents is 1. The van der Waals surface area contributed by atoms with E-state index < -0.39 is 4.92 Å². The van der Waals surface area contributed by atoms with Gasteiger partial charge in [0.25, 0.3) is 5.69 Å². The van der Waals surface area contributed by atoms with Crippen LogP contribution in [-0.2, 0) is 4.79 Å². The van der Waals surface area contributed by atoms with E-state index >= 15 is 0 Å². The van der Waals surface area contributed by atoms with Gasteiger partial charge >= 0.3 is 0 Å². The zero-order chi connectivity index (χ0) is 14.8. The molecule has 5 nitrogen and oxygen atoms in total. The fraction of sp³-hybridized carbons (Fsp3) is 0.438. The first-order valence-corrected chi connectivity index (χ1v) is 7.37. The molecule has 1 N–H and O–H groups in total. The SMILES string of the molecule is O=C(Nc1ccc([N+](=O)[O-])cc1)C1[C@H]2CC/C=C\CC[C@@H]12. The minimum atomic E-state index is -0.443. The number of hydrogen-bond acceptors (Lipinski definition) is 3. The van der Waals surface area contributed by atoms with Gasteiger partial charge in [0, 0.05) is 23.7 Å². The number of carbonyl (C=O) groups excluding carboxylic acids is 1. The number of non-ortho nitro benzene ring substituents is 1. The Labute approximate surface area is 123 Å². The lowest BCUT2D eigenvalue weighted by Gasteiger charge is -2.04. The molecule has 21 heavy (non-hydrogen) atoms. The Bertz CT molecular complexity index is 564. The molecule has 1 aromatic carbocycles. The maximum Gasteiger partial charge on any atom is 0.269 e. The van der Waals surface area contributed by atoms with Gasteiger partial charge in [0.05, 0.1) is 4.92 Å². The normalized spacial score (nSPS) is 28.7. The third-order valence-electron chi connectivity index (χ3n) is 4.48. The highest BCUT2D eigenvalue weighted by atomic mass is 16.6. The summed E-state index contributed by atoms with van der Waals surface area (Å²) in [4.78, 5) is 22.5. The van der Waals surface area contributed by atoms with E-state index in [2.05, 4.69) is 17.5 Å². The fourth-order valence-electron chi connectivity index (χ4n) is 3.33. The average Bonchev–Trinajstić information content (AvgIpc) is 3.10. The summed E-state index contributed by atoms with van der Waals surface area (Å²) in [5, 5.41) is 13.5. The van der Waals surface area contributed by atoms with Crippen molar-refractivity contribution in [1.82, 2.24) is 0 Å². The first-order chi connectivity index (χ1) is 10.2. The highest BCUT2D eigenvalue weighted by Crippen LogP contribution is 2.53. The van der Waals surface area contributed by atoms with Gasteiger partial charge in [-0.15, -0.1) is 0 Å². The molecule has 110 valence electrons. The lowest BCUT2D eigenvalue weighted by atomic mass is 10.1. The maximum absolute atomic E-state index is 12.3. The summed E-state index contributed by atoms with van der Waals surface area (Å²) < 4.78 is 0. The minimum Gasteiger partial charge on any atom is -0.326 e. The van der Waals surface area contributed by atoms with Crippen LogP contribution in [0.15, 0.2) is 36.4 Å². The Morgan fingerprint density at radius 3 is 2.19 bits per heavy atom. The van der Waals surface area contributed by atoms with Gasteiger partial charge < -0.3 is 5.32 Å². The molecule has 3 rings (SSSR count). The standard InChI is InChI=1S/C16H18N2O3/c19-16(15-13-5-3-1-2-4-6-14(13)15)17-11-7-9-12(10-8-11)18(20)21/h1-2,7-10,13-15H,3-6H2,(H,17,19)/b2-1-/t13-,14+,15?. The Hall–Kier alpha value is -2.17. The van der Waals surface area contributed by atoms with Crippen LogP contribution in [0.5, 0.6) is 0 Å². The number of benzene rings is 1. The number of rotatable bonds is 3. The molecule has 0 heterocycles. The summed E-state index contributed by atoms with van der Waals surface area (Å²) in [5.74, 6) is 1.18. The van der Waals surface area contributed by atoms with Gasteiger partial charge in [-0.25, -0.2) is 0 Å². The summed E-state index contributed by atoms with van der Waals surface area (Å²) in [6.45, 7) is 0. The quantitative estimate of drug-likeness (QED) is 0.525. The second-order valence-electron chi connectivity index (χ2n) is 5.77. The van der Waals surface area contributed by atoms with Crippen LogP contribution in [0.4, 0.5) is 11.4 Å². The number of anilines is 1. The third-order valence-corrected chi connectivity index (χ3v) is 4.48. The van der Waals surface area contributed by atoms with Gasteiger partial charge in [-0.2, -0.15) is 0 Å². The van der Waals surface area contributed by atoms with Crippen LogP contribution in [0.25, 0.3) is 0 Å². The molecule has 0 saturated heterocycles. The zero-order valence-corrected chi connectivity index (χ0v) is 11.7. The molecule has 3 atom stereocenters. The van der Waals surface area contributed by atoms with Crippen LogP contribution >= 0.6 is 0 Å². The summed E-state index contributed by atoms with van der Waals surface area (Å²) in [6.07, 6.45) is 8.70. The number of amides is 1. The smallest absolute Gasteiger partial charge is 0.269 e. The molecule has 1 unspecified atom stereocenters. The van der Waals surface area contributed by atoms with E-state index in [0.717, 1.165) is 25.7 Å². The summed E-state index contributed by atoms with van der Waals surface area (Å²) >= 11 is 0. The first-order valence-electron chi connectivity index (χ1n) is 7.37.